The summed E-state index contributed by atoms with van der Waals surface area (Å²) in [6, 6.07) is 9.27. The molecule has 0 radical (unpaired) electrons. The van der Waals surface area contributed by atoms with Crippen LogP contribution >= 0.6 is 0 Å². The maximum atomic E-state index is 5.39. The number of nitrogens with one attached hydrogen (secondary N) is 1. The van der Waals surface area contributed by atoms with E-state index in [1.165, 1.54) is 24.1 Å². The van der Waals surface area contributed by atoms with Crippen molar-refractivity contribution in [1.29, 1.82) is 0 Å². The second kappa shape index (κ2) is 6.76. The second-order valence-electron chi connectivity index (χ2n) is 5.12. The van der Waals surface area contributed by atoms with E-state index in [4.69, 9.17) is 4.74 Å². The molecule has 3 heteroatoms. The van der Waals surface area contributed by atoms with Crippen LogP contribution < -0.4 is 5.32 Å². The van der Waals surface area contributed by atoms with Crippen LogP contribution in [0.4, 0.5) is 5.69 Å². The highest BCUT2D eigenvalue weighted by Crippen LogP contribution is 2.13. The lowest BCUT2D eigenvalue weighted by atomic mass is 10.1. The molecular weight excluding hydrogens is 224 g/mol. The van der Waals surface area contributed by atoms with Gasteiger partial charge in [0.1, 0.15) is 0 Å². The fraction of sp³-hybridized carbons (Fsp3) is 0.600. The number of likely N-dealkylation sites (N-methyl/N-ethyl adjacent to an activating group) is 1. The van der Waals surface area contributed by atoms with Gasteiger partial charge in [0.2, 0.25) is 0 Å². The zero-order valence-electron chi connectivity index (χ0n) is 11.5. The molecule has 0 bridgehead atoms. The monoisotopic (exact) mass is 248 g/mol. The highest BCUT2D eigenvalue weighted by Gasteiger charge is 2.17. The van der Waals surface area contributed by atoms with Crippen molar-refractivity contribution in [2.75, 3.05) is 38.7 Å². The van der Waals surface area contributed by atoms with E-state index >= 15 is 0 Å². The number of hydrogen-bond acceptors (Lipinski definition) is 3. The van der Waals surface area contributed by atoms with Gasteiger partial charge < -0.3 is 15.0 Å². The fourth-order valence-electron chi connectivity index (χ4n) is 2.36. The molecule has 0 aromatic heterocycles. The lowest BCUT2D eigenvalue weighted by Crippen LogP contribution is -2.39. The summed E-state index contributed by atoms with van der Waals surface area (Å²) in [7, 11) is 2.22. The Kier molecular flexibility index (Phi) is 5.02. The topological polar surface area (TPSA) is 24.5 Å². The third kappa shape index (κ3) is 4.00. The number of hydrogen-bond donors (Lipinski definition) is 1. The summed E-state index contributed by atoms with van der Waals surface area (Å²) in [5, 5.41) is 3.47. The molecule has 1 N–H and O–H groups in total. The van der Waals surface area contributed by atoms with Gasteiger partial charge in [-0.25, -0.2) is 0 Å². The Morgan fingerprint density at radius 2 is 1.89 bits per heavy atom. The van der Waals surface area contributed by atoms with E-state index in [9.17, 15) is 0 Å². The van der Waals surface area contributed by atoms with Gasteiger partial charge in [-0.2, -0.15) is 0 Å². The third-order valence-electron chi connectivity index (χ3n) is 3.66. The van der Waals surface area contributed by atoms with Gasteiger partial charge in [-0.3, -0.25) is 0 Å². The zero-order valence-corrected chi connectivity index (χ0v) is 11.5. The molecule has 0 spiro atoms. The van der Waals surface area contributed by atoms with E-state index in [2.05, 4.69) is 48.5 Å². The minimum Gasteiger partial charge on any atom is -0.384 e. The highest BCUT2D eigenvalue weighted by molar-refractivity contribution is 5.44. The lowest BCUT2D eigenvalue weighted by Gasteiger charge is -2.31. The van der Waals surface area contributed by atoms with Crippen LogP contribution in [0.15, 0.2) is 24.3 Å². The van der Waals surface area contributed by atoms with Gasteiger partial charge in [0.25, 0.3) is 0 Å². The molecule has 1 heterocycles. The summed E-state index contributed by atoms with van der Waals surface area (Å²) in [6.45, 7) is 6.03. The Morgan fingerprint density at radius 1 is 1.22 bits per heavy atom. The highest BCUT2D eigenvalue weighted by atomic mass is 16.5. The summed E-state index contributed by atoms with van der Waals surface area (Å²) >= 11 is 0. The molecule has 1 aromatic carbocycles. The number of rotatable bonds is 5. The van der Waals surface area contributed by atoms with E-state index in [0.29, 0.717) is 6.04 Å². The minimum absolute atomic E-state index is 0.693. The molecular formula is C15H24N2O. The van der Waals surface area contributed by atoms with Crippen LogP contribution in [0.25, 0.3) is 0 Å². The van der Waals surface area contributed by atoms with Crippen molar-refractivity contribution in [2.45, 2.75) is 25.8 Å². The van der Waals surface area contributed by atoms with Gasteiger partial charge in [0.15, 0.2) is 0 Å². The van der Waals surface area contributed by atoms with Crippen LogP contribution in [0.5, 0.6) is 0 Å². The zero-order chi connectivity index (χ0) is 12.8. The summed E-state index contributed by atoms with van der Waals surface area (Å²) in [5.41, 5.74) is 2.51. The first-order valence-corrected chi connectivity index (χ1v) is 6.84. The van der Waals surface area contributed by atoms with Gasteiger partial charge in [-0.15, -0.1) is 0 Å². The maximum Gasteiger partial charge on any atom is 0.0480 e. The summed E-state index contributed by atoms with van der Waals surface area (Å²) in [6.07, 6.45) is 2.34. The molecule has 0 aliphatic carbocycles. The van der Waals surface area contributed by atoms with Crippen LogP contribution in [0.3, 0.4) is 0 Å². The Bertz CT molecular complexity index is 344. The Labute approximate surface area is 110 Å². The first-order chi connectivity index (χ1) is 8.75. The van der Waals surface area contributed by atoms with Crippen molar-refractivity contribution in [3.63, 3.8) is 0 Å². The Morgan fingerprint density at radius 3 is 2.56 bits per heavy atom. The molecule has 0 saturated carbocycles. The van der Waals surface area contributed by atoms with Gasteiger partial charge in [-0.05, 0) is 38.9 Å². The molecule has 1 aliphatic heterocycles. The first kappa shape index (κ1) is 13.4. The number of aryl methyl sites for hydroxylation is 1. The average molecular weight is 248 g/mol. The largest absolute Gasteiger partial charge is 0.384 e. The molecule has 100 valence electrons. The van der Waals surface area contributed by atoms with Crippen molar-refractivity contribution in [3.8, 4) is 0 Å². The van der Waals surface area contributed by atoms with Crippen molar-refractivity contribution in [3.05, 3.63) is 29.8 Å². The molecule has 1 aliphatic rings. The van der Waals surface area contributed by atoms with Gasteiger partial charge in [-0.1, -0.05) is 17.7 Å². The molecule has 3 nitrogen and oxygen atoms in total. The van der Waals surface area contributed by atoms with Crippen molar-refractivity contribution in [1.82, 2.24) is 4.90 Å². The number of nitrogens with zero attached hydrogens (tertiary/aromatic N) is 1. The van der Waals surface area contributed by atoms with Crippen LogP contribution in [-0.2, 0) is 4.74 Å². The van der Waals surface area contributed by atoms with Crippen LogP contribution in [0.1, 0.15) is 18.4 Å². The summed E-state index contributed by atoms with van der Waals surface area (Å²) in [5.74, 6) is 0. The maximum absolute atomic E-state index is 5.39. The molecule has 1 aromatic rings. The molecule has 1 fully saturated rings. The van der Waals surface area contributed by atoms with Crippen LogP contribution in [-0.4, -0.2) is 44.3 Å². The molecule has 0 amide bonds. The molecule has 2 rings (SSSR count). The fourth-order valence-corrected chi connectivity index (χ4v) is 2.36. The molecule has 0 atom stereocenters. The quantitative estimate of drug-likeness (QED) is 0.866. The predicted octanol–water partition coefficient (Wildman–Crippen LogP) is 2.52. The van der Waals surface area contributed by atoms with E-state index in [-0.39, 0.29) is 0 Å². The predicted molar refractivity (Wildman–Crippen MR) is 76.1 cm³/mol. The van der Waals surface area contributed by atoms with Crippen LogP contribution in [0.2, 0.25) is 0 Å². The van der Waals surface area contributed by atoms with Gasteiger partial charge >= 0.3 is 0 Å². The summed E-state index contributed by atoms with van der Waals surface area (Å²) in [4.78, 5) is 2.45. The van der Waals surface area contributed by atoms with E-state index in [1.54, 1.807) is 0 Å². The third-order valence-corrected chi connectivity index (χ3v) is 3.66. The Hall–Kier alpha value is -1.06. The Balaban J connectivity index is 1.69. The van der Waals surface area contributed by atoms with Crippen LogP contribution in [0, 0.1) is 6.92 Å². The smallest absolute Gasteiger partial charge is 0.0480 e. The minimum atomic E-state index is 0.693. The lowest BCUT2D eigenvalue weighted by molar-refractivity contribution is 0.0443. The van der Waals surface area contributed by atoms with Crippen molar-refractivity contribution in [2.24, 2.45) is 0 Å². The number of anilines is 1. The second-order valence-corrected chi connectivity index (χ2v) is 5.12. The van der Waals surface area contributed by atoms with E-state index < -0.39 is 0 Å². The SMILES string of the molecule is Cc1ccc(NCCN(C)C2CCOCC2)cc1. The van der Waals surface area contributed by atoms with E-state index in [0.717, 1.165) is 26.3 Å². The van der Waals surface area contributed by atoms with Crippen molar-refractivity contribution >= 4 is 5.69 Å². The van der Waals surface area contributed by atoms with Crippen molar-refractivity contribution < 1.29 is 4.74 Å². The number of benzene rings is 1. The van der Waals surface area contributed by atoms with Gasteiger partial charge in [0, 0.05) is 38.0 Å². The summed E-state index contributed by atoms with van der Waals surface area (Å²) < 4.78 is 5.39. The standard InChI is InChI=1S/C15H24N2O/c1-13-3-5-14(6-4-13)16-9-10-17(2)15-7-11-18-12-8-15/h3-6,15-16H,7-12H2,1-2H3. The first-order valence-electron chi connectivity index (χ1n) is 6.84. The molecule has 1 saturated heterocycles. The number of ether oxygens (including phenoxy) is 1. The average Bonchev–Trinajstić information content (AvgIpc) is 2.42. The van der Waals surface area contributed by atoms with Gasteiger partial charge in [0.05, 0.1) is 0 Å². The molecule has 0 unspecified atom stereocenters. The molecule has 18 heavy (non-hydrogen) atoms. The normalized spacial score (nSPS) is 17.1. The van der Waals surface area contributed by atoms with E-state index in [1.807, 2.05) is 0 Å².